The Labute approximate surface area is 271 Å². The van der Waals surface area contributed by atoms with Gasteiger partial charge in [0.2, 0.25) is 0 Å². The molecule has 4 nitrogen and oxygen atoms in total. The third-order valence-corrected chi connectivity index (χ3v) is 32.0. The minimum absolute atomic E-state index is 0.200. The molecule has 2 N–H and O–H groups in total. The van der Waals surface area contributed by atoms with E-state index in [0.717, 1.165) is 18.2 Å². The van der Waals surface area contributed by atoms with Crippen molar-refractivity contribution in [2.75, 3.05) is 55.9 Å². The molecule has 0 saturated heterocycles. The fourth-order valence-electron chi connectivity index (χ4n) is 9.32. The average Bonchev–Trinajstić information content (AvgIpc) is 3.00. The van der Waals surface area contributed by atoms with Gasteiger partial charge in [-0.2, -0.15) is 0 Å². The van der Waals surface area contributed by atoms with E-state index in [4.69, 9.17) is 4.52 Å². The van der Waals surface area contributed by atoms with Gasteiger partial charge in [-0.1, -0.05) is 0 Å². The van der Waals surface area contributed by atoms with Gasteiger partial charge in [-0.15, -0.1) is 0 Å². The van der Waals surface area contributed by atoms with E-state index in [1.165, 1.54) is 152 Å². The first kappa shape index (κ1) is 44.0. The molecule has 0 heterocycles. The van der Waals surface area contributed by atoms with Crippen molar-refractivity contribution in [3.05, 3.63) is 0 Å². The second kappa shape index (κ2) is 22.5. The van der Waals surface area contributed by atoms with Gasteiger partial charge in [0.1, 0.15) is 0 Å². The van der Waals surface area contributed by atoms with Crippen LogP contribution in [0.5, 0.6) is 0 Å². The molecular weight excluding hydrogens is 589 g/mol. The van der Waals surface area contributed by atoms with E-state index in [1.54, 1.807) is 0 Å². The van der Waals surface area contributed by atoms with Crippen molar-refractivity contribution >= 4 is 21.0 Å². The molecule has 0 aromatic heterocycles. The van der Waals surface area contributed by atoms with Crippen molar-refractivity contribution in [2.45, 2.75) is 176 Å². The van der Waals surface area contributed by atoms with Gasteiger partial charge in [0.05, 0.1) is 0 Å². The fourth-order valence-corrected chi connectivity index (χ4v) is 36.1. The molecule has 0 saturated carbocycles. The summed E-state index contributed by atoms with van der Waals surface area (Å²) in [6, 6.07) is 0. The Balaban J connectivity index is 8.05. The van der Waals surface area contributed by atoms with Crippen LogP contribution in [0, 0.1) is 0 Å². The van der Waals surface area contributed by atoms with Crippen molar-refractivity contribution < 1.29 is 18.9 Å². The fraction of sp³-hybridized carbons (Fsp3) is 1.00. The zero-order chi connectivity index (χ0) is 32.8. The summed E-state index contributed by atoms with van der Waals surface area (Å²) in [4.78, 5) is 19.3. The molecular formula is C36H81O4P3. The van der Waals surface area contributed by atoms with Gasteiger partial charge in [0.15, 0.2) is 0 Å². The molecule has 0 amide bonds. The van der Waals surface area contributed by atoms with Crippen LogP contribution in [0.4, 0.5) is 0 Å². The third-order valence-electron chi connectivity index (χ3n) is 11.5. The normalized spacial score (nSPS) is 15.6. The number of rotatable bonds is 31. The second-order valence-corrected chi connectivity index (χ2v) is 29.5. The maximum absolute atomic E-state index is 11.8. The van der Waals surface area contributed by atoms with E-state index >= 15 is 0 Å². The first-order valence-corrected chi connectivity index (χ1v) is 26.8. The maximum atomic E-state index is 11.8. The summed E-state index contributed by atoms with van der Waals surface area (Å²) >= 11 is 0. The van der Waals surface area contributed by atoms with E-state index in [2.05, 4.69) is 55.4 Å². The second-order valence-electron chi connectivity index (χ2n) is 14.7. The van der Waals surface area contributed by atoms with Crippen LogP contribution in [0.2, 0.25) is 0 Å². The monoisotopic (exact) mass is 671 g/mol. The molecule has 0 radical (unpaired) electrons. The van der Waals surface area contributed by atoms with Crippen LogP contribution in [-0.4, -0.2) is 71.1 Å². The molecule has 0 fully saturated rings. The summed E-state index contributed by atoms with van der Waals surface area (Å²) in [5.41, 5.74) is 0. The van der Waals surface area contributed by atoms with Crippen molar-refractivity contribution in [3.63, 3.8) is 0 Å². The summed E-state index contributed by atoms with van der Waals surface area (Å²) in [5, 5.41) is 0.796. The molecule has 0 bridgehead atoms. The van der Waals surface area contributed by atoms with Crippen molar-refractivity contribution in [3.8, 4) is 0 Å². The predicted molar refractivity (Wildman–Crippen MR) is 203 cm³/mol. The zero-order valence-corrected chi connectivity index (χ0v) is 33.4. The third kappa shape index (κ3) is 13.5. The molecule has 0 aliphatic rings. The summed E-state index contributed by atoms with van der Waals surface area (Å²) in [7, 11) is -4.46. The SMILES string of the molecule is CCCCP(CCCC)(CCCC)(CCCC)C(CCCOP(=O)(O)O)P(CCCC)(CCCC)(CCCC)CCCC. The Kier molecular flexibility index (Phi) is 23.0. The molecule has 43 heavy (non-hydrogen) atoms. The summed E-state index contributed by atoms with van der Waals surface area (Å²) in [6.45, 7) is 14.9. The van der Waals surface area contributed by atoms with Crippen LogP contribution >= 0.6 is 21.0 Å². The topological polar surface area (TPSA) is 66.8 Å². The molecule has 264 valence electrons. The van der Waals surface area contributed by atoms with Gasteiger partial charge in [-0.25, -0.2) is 0 Å². The number of hydrogen-bond acceptors (Lipinski definition) is 2. The molecule has 0 aliphatic carbocycles. The molecule has 0 aromatic carbocycles. The van der Waals surface area contributed by atoms with E-state index in [1.807, 2.05) is 0 Å². The Bertz CT molecular complexity index is 605. The summed E-state index contributed by atoms with van der Waals surface area (Å²) in [5.74, 6) is 0. The predicted octanol–water partition coefficient (Wildman–Crippen LogP) is 12.7. The van der Waals surface area contributed by atoms with Crippen LogP contribution in [0.3, 0.4) is 0 Å². The molecule has 0 atom stereocenters. The van der Waals surface area contributed by atoms with Gasteiger partial charge in [0.25, 0.3) is 0 Å². The van der Waals surface area contributed by atoms with Crippen LogP contribution in [0.1, 0.15) is 171 Å². The molecule has 0 spiro atoms. The van der Waals surface area contributed by atoms with Gasteiger partial charge < -0.3 is 0 Å². The Hall–Kier alpha value is 0.970. The Morgan fingerprint density at radius 1 is 0.465 bits per heavy atom. The molecule has 0 rings (SSSR count). The molecule has 7 heteroatoms. The summed E-state index contributed by atoms with van der Waals surface area (Å²) < 4.78 is 17.0. The molecule has 0 unspecified atom stereocenters. The number of phosphoric acid groups is 1. The van der Waals surface area contributed by atoms with Crippen LogP contribution in [0.25, 0.3) is 0 Å². The van der Waals surface area contributed by atoms with E-state index in [0.29, 0.717) is 0 Å². The van der Waals surface area contributed by atoms with Crippen LogP contribution in [0.15, 0.2) is 0 Å². The number of hydrogen-bond donors (Lipinski definition) is 2. The van der Waals surface area contributed by atoms with Crippen LogP contribution in [-0.2, 0) is 9.09 Å². The standard InChI is InChI=1S/C36H81O4P3/c1-9-17-28-42(29-18-10-2,30-19-11-3,31-20-12-4)36(26-25-27-40-41(37,38)39)43(32-21-13-5,33-22-14-6,34-23-15-7)35-24-16-8/h36H,9-35H2,1-8H3,(H2,37,38,39). The van der Waals surface area contributed by atoms with Gasteiger partial charge in [0, 0.05) is 0 Å². The van der Waals surface area contributed by atoms with Crippen molar-refractivity contribution in [2.24, 2.45) is 0 Å². The Morgan fingerprint density at radius 2 is 0.698 bits per heavy atom. The van der Waals surface area contributed by atoms with Gasteiger partial charge >= 0.3 is 272 Å². The molecule has 0 aliphatic heterocycles. The first-order chi connectivity index (χ1) is 20.5. The van der Waals surface area contributed by atoms with E-state index in [9.17, 15) is 14.4 Å². The minimum atomic E-state index is -4.46. The number of unbranched alkanes of at least 4 members (excludes halogenated alkanes) is 8. The van der Waals surface area contributed by atoms with E-state index in [-0.39, 0.29) is 6.61 Å². The van der Waals surface area contributed by atoms with Gasteiger partial charge in [-0.05, 0) is 0 Å². The number of phosphoric ester groups is 1. The zero-order valence-electron chi connectivity index (χ0n) is 30.7. The average molecular weight is 671 g/mol. The van der Waals surface area contributed by atoms with Gasteiger partial charge in [-0.3, -0.25) is 0 Å². The van der Waals surface area contributed by atoms with Crippen molar-refractivity contribution in [1.29, 1.82) is 0 Å². The molecule has 0 aromatic rings. The summed E-state index contributed by atoms with van der Waals surface area (Å²) in [6.07, 6.45) is 34.8. The quantitative estimate of drug-likeness (QED) is 0.0569. The van der Waals surface area contributed by atoms with Crippen molar-refractivity contribution in [1.82, 2.24) is 0 Å². The first-order valence-electron chi connectivity index (χ1n) is 19.2. The van der Waals surface area contributed by atoms with E-state index < -0.39 is 21.0 Å². The Morgan fingerprint density at radius 3 is 0.884 bits per heavy atom. The van der Waals surface area contributed by atoms with Crippen LogP contribution < -0.4 is 0 Å².